The number of nitrogen functional groups attached to an aromatic ring is 1. The number of nitrogens with one attached hydrogen (secondary N) is 1. The second-order valence-electron chi connectivity index (χ2n) is 4.92. The lowest BCUT2D eigenvalue weighted by Crippen LogP contribution is -2.33. The molecule has 1 saturated carbocycles. The van der Waals surface area contributed by atoms with Crippen LogP contribution in [0.4, 0.5) is 5.69 Å². The molecule has 0 aromatic heterocycles. The molecule has 3 N–H and O–H groups in total. The summed E-state index contributed by atoms with van der Waals surface area (Å²) in [6.07, 6.45) is 5.51. The third kappa shape index (κ3) is 2.99. The molecule has 0 spiro atoms. The highest BCUT2D eigenvalue weighted by atomic mass is 32.2. The van der Waals surface area contributed by atoms with Crippen molar-refractivity contribution in [3.63, 3.8) is 0 Å². The van der Waals surface area contributed by atoms with Crippen molar-refractivity contribution >= 4 is 23.4 Å². The minimum atomic E-state index is 0.0271. The molecule has 1 aromatic rings. The molecule has 1 aliphatic rings. The Kier molecular flexibility index (Phi) is 4.17. The van der Waals surface area contributed by atoms with Crippen molar-refractivity contribution in [2.75, 3.05) is 12.0 Å². The molecule has 1 amide bonds. The van der Waals surface area contributed by atoms with Crippen molar-refractivity contribution in [3.05, 3.63) is 29.3 Å². The van der Waals surface area contributed by atoms with E-state index in [-0.39, 0.29) is 5.91 Å². The molecule has 0 bridgehead atoms. The summed E-state index contributed by atoms with van der Waals surface area (Å²) < 4.78 is 0. The van der Waals surface area contributed by atoms with E-state index in [2.05, 4.69) is 11.6 Å². The van der Waals surface area contributed by atoms with E-state index in [0.29, 0.717) is 17.0 Å². The lowest BCUT2D eigenvalue weighted by atomic mass is 10.1. The van der Waals surface area contributed by atoms with Crippen LogP contribution in [-0.4, -0.2) is 23.5 Å². The number of rotatable bonds is 3. The van der Waals surface area contributed by atoms with Crippen LogP contribution in [0.2, 0.25) is 0 Å². The molecule has 98 valence electrons. The van der Waals surface area contributed by atoms with E-state index in [9.17, 15) is 4.79 Å². The first kappa shape index (κ1) is 13.3. The number of anilines is 1. The van der Waals surface area contributed by atoms with E-state index in [1.165, 1.54) is 6.42 Å². The minimum Gasteiger partial charge on any atom is -0.399 e. The first-order valence-electron chi connectivity index (χ1n) is 6.30. The van der Waals surface area contributed by atoms with Gasteiger partial charge in [-0.25, -0.2) is 0 Å². The maximum Gasteiger partial charge on any atom is 0.251 e. The third-order valence-corrected chi connectivity index (χ3v) is 4.64. The van der Waals surface area contributed by atoms with E-state index < -0.39 is 0 Å². The zero-order chi connectivity index (χ0) is 13.1. The number of nitrogens with two attached hydrogens (primary N) is 1. The summed E-state index contributed by atoms with van der Waals surface area (Å²) in [5.74, 6) is 0.0271. The normalized spacial score (nSPS) is 23.0. The molecule has 1 fully saturated rings. The number of carbonyl (C=O) groups is 1. The highest BCUT2D eigenvalue weighted by Crippen LogP contribution is 2.28. The molecular formula is C14H20N2OS. The number of carbonyl (C=O) groups excluding carboxylic acids is 1. The van der Waals surface area contributed by atoms with Crippen LogP contribution < -0.4 is 11.1 Å². The lowest BCUT2D eigenvalue weighted by Gasteiger charge is -2.14. The van der Waals surface area contributed by atoms with Gasteiger partial charge in [0.15, 0.2) is 0 Å². The smallest absolute Gasteiger partial charge is 0.251 e. The SMILES string of the molecule is CSC1CCC(NC(=O)c2ccc(N)cc2C)C1. The molecule has 0 heterocycles. The van der Waals surface area contributed by atoms with Gasteiger partial charge in [0.1, 0.15) is 0 Å². The molecule has 0 aliphatic heterocycles. The van der Waals surface area contributed by atoms with Crippen LogP contribution in [0, 0.1) is 6.92 Å². The fourth-order valence-electron chi connectivity index (χ4n) is 2.49. The number of hydrogen-bond donors (Lipinski definition) is 2. The highest BCUT2D eigenvalue weighted by Gasteiger charge is 2.25. The van der Waals surface area contributed by atoms with Gasteiger partial charge in [0.25, 0.3) is 5.91 Å². The molecule has 0 saturated heterocycles. The summed E-state index contributed by atoms with van der Waals surface area (Å²) in [5.41, 5.74) is 8.06. The predicted molar refractivity (Wildman–Crippen MR) is 78.0 cm³/mol. The van der Waals surface area contributed by atoms with E-state index in [1.54, 1.807) is 12.1 Å². The molecule has 4 heteroatoms. The van der Waals surface area contributed by atoms with Gasteiger partial charge in [-0.1, -0.05) is 0 Å². The average molecular weight is 264 g/mol. The van der Waals surface area contributed by atoms with Gasteiger partial charge in [-0.2, -0.15) is 11.8 Å². The van der Waals surface area contributed by atoms with Crippen LogP contribution in [0.5, 0.6) is 0 Å². The van der Waals surface area contributed by atoms with E-state index in [4.69, 9.17) is 5.73 Å². The van der Waals surface area contributed by atoms with Crippen molar-refractivity contribution in [1.29, 1.82) is 0 Å². The number of hydrogen-bond acceptors (Lipinski definition) is 3. The standard InChI is InChI=1S/C14H20N2OS/c1-9-7-10(15)3-6-13(9)14(17)16-11-4-5-12(8-11)18-2/h3,6-7,11-12H,4-5,8,15H2,1-2H3,(H,16,17). The molecule has 3 nitrogen and oxygen atoms in total. The van der Waals surface area contributed by atoms with Crippen LogP contribution in [0.3, 0.4) is 0 Å². The molecule has 2 rings (SSSR count). The fraction of sp³-hybridized carbons (Fsp3) is 0.500. The summed E-state index contributed by atoms with van der Waals surface area (Å²) in [7, 11) is 0. The van der Waals surface area contributed by atoms with E-state index in [0.717, 1.165) is 24.0 Å². The highest BCUT2D eigenvalue weighted by molar-refractivity contribution is 7.99. The Labute approximate surface area is 113 Å². The number of benzene rings is 1. The quantitative estimate of drug-likeness (QED) is 0.825. The summed E-state index contributed by atoms with van der Waals surface area (Å²) in [6.45, 7) is 1.92. The maximum atomic E-state index is 12.2. The zero-order valence-corrected chi connectivity index (χ0v) is 11.7. The topological polar surface area (TPSA) is 55.1 Å². The van der Waals surface area contributed by atoms with Crippen molar-refractivity contribution in [2.24, 2.45) is 0 Å². The second-order valence-corrected chi connectivity index (χ2v) is 6.05. The molecular weight excluding hydrogens is 244 g/mol. The summed E-state index contributed by atoms with van der Waals surface area (Å²) in [6, 6.07) is 5.75. The minimum absolute atomic E-state index is 0.0271. The van der Waals surface area contributed by atoms with Crippen molar-refractivity contribution < 1.29 is 4.79 Å². The Hall–Kier alpha value is -1.16. The Bertz CT molecular complexity index is 447. The summed E-state index contributed by atoms with van der Waals surface area (Å²) >= 11 is 1.90. The van der Waals surface area contributed by atoms with Crippen LogP contribution in [0.1, 0.15) is 35.2 Å². The predicted octanol–water partition coefficient (Wildman–Crippen LogP) is 2.59. The Balaban J connectivity index is 2.00. The zero-order valence-electron chi connectivity index (χ0n) is 10.9. The van der Waals surface area contributed by atoms with Gasteiger partial charge in [0, 0.05) is 22.5 Å². The molecule has 1 aliphatic carbocycles. The van der Waals surface area contributed by atoms with Gasteiger partial charge < -0.3 is 11.1 Å². The summed E-state index contributed by atoms with van der Waals surface area (Å²) in [5, 5.41) is 3.82. The van der Waals surface area contributed by atoms with Gasteiger partial charge in [-0.3, -0.25) is 4.79 Å². The second kappa shape index (κ2) is 5.65. The number of amides is 1. The first-order valence-corrected chi connectivity index (χ1v) is 7.58. The molecule has 18 heavy (non-hydrogen) atoms. The molecule has 2 atom stereocenters. The van der Waals surface area contributed by atoms with Gasteiger partial charge in [0.2, 0.25) is 0 Å². The number of aryl methyl sites for hydroxylation is 1. The Morgan fingerprint density at radius 1 is 1.44 bits per heavy atom. The van der Waals surface area contributed by atoms with Gasteiger partial charge in [-0.15, -0.1) is 0 Å². The van der Waals surface area contributed by atoms with Gasteiger partial charge in [0.05, 0.1) is 0 Å². The van der Waals surface area contributed by atoms with Gasteiger partial charge in [-0.05, 0) is 56.2 Å². The average Bonchev–Trinajstić information content (AvgIpc) is 2.76. The Morgan fingerprint density at radius 2 is 2.22 bits per heavy atom. The molecule has 2 unspecified atom stereocenters. The largest absolute Gasteiger partial charge is 0.399 e. The molecule has 0 radical (unpaired) electrons. The van der Waals surface area contributed by atoms with Crippen molar-refractivity contribution in [1.82, 2.24) is 5.32 Å². The van der Waals surface area contributed by atoms with Crippen LogP contribution in [0.25, 0.3) is 0 Å². The Morgan fingerprint density at radius 3 is 2.83 bits per heavy atom. The maximum absolute atomic E-state index is 12.2. The third-order valence-electron chi connectivity index (χ3n) is 3.55. The van der Waals surface area contributed by atoms with Crippen LogP contribution in [-0.2, 0) is 0 Å². The van der Waals surface area contributed by atoms with Crippen LogP contribution >= 0.6 is 11.8 Å². The van der Waals surface area contributed by atoms with E-state index in [1.807, 2.05) is 24.8 Å². The van der Waals surface area contributed by atoms with Crippen molar-refractivity contribution in [3.8, 4) is 0 Å². The molecule has 1 aromatic carbocycles. The summed E-state index contributed by atoms with van der Waals surface area (Å²) in [4.78, 5) is 12.2. The van der Waals surface area contributed by atoms with Gasteiger partial charge >= 0.3 is 0 Å². The number of thioether (sulfide) groups is 1. The lowest BCUT2D eigenvalue weighted by molar-refractivity contribution is 0.0937. The van der Waals surface area contributed by atoms with Crippen LogP contribution in [0.15, 0.2) is 18.2 Å². The first-order chi connectivity index (χ1) is 8.60. The fourth-order valence-corrected chi connectivity index (χ4v) is 3.29. The monoisotopic (exact) mass is 264 g/mol. The van der Waals surface area contributed by atoms with E-state index >= 15 is 0 Å². The van der Waals surface area contributed by atoms with Crippen molar-refractivity contribution in [2.45, 2.75) is 37.5 Å².